The van der Waals surface area contributed by atoms with Gasteiger partial charge in [0.15, 0.2) is 0 Å². The highest BCUT2D eigenvalue weighted by Crippen LogP contribution is 2.30. The first-order valence-corrected chi connectivity index (χ1v) is 7.21. The molecule has 1 aromatic rings. The monoisotopic (exact) mass is 268 g/mol. The van der Waals surface area contributed by atoms with Gasteiger partial charge in [-0.05, 0) is 37.1 Å². The molecule has 1 aliphatic carbocycles. The Morgan fingerprint density at radius 2 is 2.28 bits per heavy atom. The summed E-state index contributed by atoms with van der Waals surface area (Å²) in [4.78, 5) is 13.2. The van der Waals surface area contributed by atoms with Crippen LogP contribution in [0.15, 0.2) is 17.5 Å². The Labute approximate surface area is 111 Å². The maximum atomic E-state index is 12.0. The van der Waals surface area contributed by atoms with Crippen LogP contribution in [0.4, 0.5) is 0 Å². The summed E-state index contributed by atoms with van der Waals surface area (Å²) < 4.78 is 0. The van der Waals surface area contributed by atoms with Crippen molar-refractivity contribution < 1.29 is 9.90 Å². The average Bonchev–Trinajstić information content (AvgIpc) is 2.90. The molecule has 5 heteroatoms. The van der Waals surface area contributed by atoms with Crippen LogP contribution in [-0.4, -0.2) is 23.2 Å². The maximum Gasteiger partial charge on any atom is 0.223 e. The first-order valence-electron chi connectivity index (χ1n) is 6.33. The maximum absolute atomic E-state index is 12.0. The Morgan fingerprint density at radius 3 is 2.83 bits per heavy atom. The van der Waals surface area contributed by atoms with Gasteiger partial charge in [0.1, 0.15) is 0 Å². The highest BCUT2D eigenvalue weighted by molar-refractivity contribution is 7.09. The van der Waals surface area contributed by atoms with Crippen LogP contribution in [0.25, 0.3) is 0 Å². The second-order valence-corrected chi connectivity index (χ2v) is 6.12. The van der Waals surface area contributed by atoms with Gasteiger partial charge in [-0.25, -0.2) is 0 Å². The van der Waals surface area contributed by atoms with Crippen molar-refractivity contribution >= 4 is 17.2 Å². The van der Waals surface area contributed by atoms with Crippen LogP contribution in [0, 0.1) is 5.92 Å². The molecule has 0 radical (unpaired) electrons. The number of aliphatic hydroxyl groups is 1. The molecular formula is C13H20N2O2S. The minimum atomic E-state index is -0.468. The van der Waals surface area contributed by atoms with Crippen molar-refractivity contribution in [2.75, 3.05) is 6.61 Å². The topological polar surface area (TPSA) is 75.3 Å². The minimum Gasteiger partial charge on any atom is -0.394 e. The lowest BCUT2D eigenvalue weighted by Gasteiger charge is -2.35. The second kappa shape index (κ2) is 5.82. The number of hydrogen-bond acceptors (Lipinski definition) is 4. The Morgan fingerprint density at radius 1 is 1.56 bits per heavy atom. The van der Waals surface area contributed by atoms with Crippen molar-refractivity contribution in [1.82, 2.24) is 5.32 Å². The normalized spacial score (nSPS) is 28.0. The summed E-state index contributed by atoms with van der Waals surface area (Å²) in [6.07, 6.45) is 2.99. The number of aliphatic hydroxyl groups excluding tert-OH is 1. The molecule has 1 fully saturated rings. The lowest BCUT2D eigenvalue weighted by Crippen LogP contribution is -2.48. The van der Waals surface area contributed by atoms with Gasteiger partial charge in [0.25, 0.3) is 0 Å². The highest BCUT2D eigenvalue weighted by atomic mass is 32.1. The molecule has 0 aliphatic heterocycles. The Kier molecular flexibility index (Phi) is 4.37. The number of hydrogen-bond donors (Lipinski definition) is 3. The Hall–Kier alpha value is -0.910. The van der Waals surface area contributed by atoms with Gasteiger partial charge in [-0.3, -0.25) is 4.79 Å². The quantitative estimate of drug-likeness (QED) is 0.769. The summed E-state index contributed by atoms with van der Waals surface area (Å²) in [5.41, 5.74) is 5.52. The molecule has 0 bridgehead atoms. The smallest absolute Gasteiger partial charge is 0.223 e. The predicted molar refractivity (Wildman–Crippen MR) is 72.1 cm³/mol. The van der Waals surface area contributed by atoms with Gasteiger partial charge in [0.05, 0.1) is 13.2 Å². The van der Waals surface area contributed by atoms with E-state index in [0.717, 1.165) is 25.7 Å². The fraction of sp³-hybridized carbons (Fsp3) is 0.615. The van der Waals surface area contributed by atoms with E-state index in [1.165, 1.54) is 4.88 Å². The van der Waals surface area contributed by atoms with Crippen LogP contribution in [0.5, 0.6) is 0 Å². The molecule has 18 heavy (non-hydrogen) atoms. The summed E-state index contributed by atoms with van der Waals surface area (Å²) in [6.45, 7) is 0.622. The summed E-state index contributed by atoms with van der Waals surface area (Å²) >= 11 is 1.65. The largest absolute Gasteiger partial charge is 0.394 e. The van der Waals surface area contributed by atoms with Crippen LogP contribution >= 0.6 is 11.3 Å². The van der Waals surface area contributed by atoms with Crippen molar-refractivity contribution in [2.24, 2.45) is 11.7 Å². The number of amides is 1. The van der Waals surface area contributed by atoms with E-state index in [4.69, 9.17) is 5.73 Å². The van der Waals surface area contributed by atoms with E-state index in [0.29, 0.717) is 6.54 Å². The molecule has 100 valence electrons. The van der Waals surface area contributed by atoms with Crippen LogP contribution < -0.4 is 11.1 Å². The molecule has 1 amide bonds. The average molecular weight is 268 g/mol. The van der Waals surface area contributed by atoms with Gasteiger partial charge in [-0.2, -0.15) is 0 Å². The molecule has 1 saturated carbocycles. The van der Waals surface area contributed by atoms with Crippen molar-refractivity contribution in [3.63, 3.8) is 0 Å². The number of thiophene rings is 1. The summed E-state index contributed by atoms with van der Waals surface area (Å²) in [6, 6.07) is 4.00. The van der Waals surface area contributed by atoms with Crippen LogP contribution in [-0.2, 0) is 11.3 Å². The van der Waals surface area contributed by atoms with Crippen molar-refractivity contribution in [1.29, 1.82) is 0 Å². The molecule has 2 rings (SSSR count). The minimum absolute atomic E-state index is 0.0105. The molecule has 0 atom stereocenters. The number of carbonyl (C=O) groups is 1. The highest BCUT2D eigenvalue weighted by Gasteiger charge is 2.33. The lowest BCUT2D eigenvalue weighted by atomic mass is 9.77. The van der Waals surface area contributed by atoms with Gasteiger partial charge in [0.2, 0.25) is 5.91 Å². The molecule has 4 N–H and O–H groups in total. The van der Waals surface area contributed by atoms with E-state index >= 15 is 0 Å². The van der Waals surface area contributed by atoms with Crippen LogP contribution in [0.1, 0.15) is 30.6 Å². The first kappa shape index (κ1) is 13.5. The SMILES string of the molecule is NC1(CO)CCC(C(=O)NCc2cccs2)CC1. The van der Waals surface area contributed by atoms with Gasteiger partial charge < -0.3 is 16.2 Å². The zero-order valence-electron chi connectivity index (χ0n) is 10.4. The van der Waals surface area contributed by atoms with Crippen LogP contribution in [0.2, 0.25) is 0 Å². The molecule has 1 aliphatic rings. The molecule has 0 spiro atoms. The van der Waals surface area contributed by atoms with Gasteiger partial charge in [-0.1, -0.05) is 6.07 Å². The van der Waals surface area contributed by atoms with Gasteiger partial charge >= 0.3 is 0 Å². The third kappa shape index (κ3) is 3.31. The van der Waals surface area contributed by atoms with E-state index in [-0.39, 0.29) is 18.4 Å². The fourth-order valence-corrected chi connectivity index (χ4v) is 2.99. The molecule has 0 aromatic carbocycles. The Bertz CT molecular complexity index is 384. The molecule has 1 aromatic heterocycles. The van der Waals surface area contributed by atoms with E-state index in [2.05, 4.69) is 5.32 Å². The standard InChI is InChI=1S/C13H20N2O2S/c14-13(9-16)5-3-10(4-6-13)12(17)15-8-11-2-1-7-18-11/h1-2,7,10,16H,3-6,8-9,14H2,(H,15,17). The summed E-state index contributed by atoms with van der Waals surface area (Å²) in [7, 11) is 0. The molecular weight excluding hydrogens is 248 g/mol. The zero-order chi connectivity index (χ0) is 13.0. The third-order valence-electron chi connectivity index (χ3n) is 3.68. The summed E-state index contributed by atoms with van der Waals surface area (Å²) in [5.74, 6) is 0.163. The lowest BCUT2D eigenvalue weighted by molar-refractivity contribution is -0.126. The zero-order valence-corrected chi connectivity index (χ0v) is 11.2. The van der Waals surface area contributed by atoms with E-state index in [1.54, 1.807) is 11.3 Å². The van der Waals surface area contributed by atoms with E-state index in [9.17, 15) is 9.90 Å². The number of rotatable bonds is 4. The number of nitrogens with one attached hydrogen (secondary N) is 1. The Balaban J connectivity index is 1.77. The van der Waals surface area contributed by atoms with E-state index < -0.39 is 5.54 Å². The second-order valence-electron chi connectivity index (χ2n) is 5.09. The van der Waals surface area contributed by atoms with E-state index in [1.807, 2.05) is 17.5 Å². The first-order chi connectivity index (χ1) is 8.63. The van der Waals surface area contributed by atoms with Gasteiger partial charge in [0, 0.05) is 16.3 Å². The van der Waals surface area contributed by atoms with Crippen molar-refractivity contribution in [3.8, 4) is 0 Å². The number of nitrogens with two attached hydrogens (primary N) is 1. The van der Waals surface area contributed by atoms with Crippen LogP contribution in [0.3, 0.4) is 0 Å². The molecule has 4 nitrogen and oxygen atoms in total. The third-order valence-corrected chi connectivity index (χ3v) is 4.56. The molecule has 0 saturated heterocycles. The molecule has 1 heterocycles. The number of carbonyl (C=O) groups excluding carboxylic acids is 1. The van der Waals surface area contributed by atoms with Crippen molar-refractivity contribution in [2.45, 2.75) is 37.8 Å². The van der Waals surface area contributed by atoms with Gasteiger partial charge in [-0.15, -0.1) is 11.3 Å². The van der Waals surface area contributed by atoms with Crippen molar-refractivity contribution in [3.05, 3.63) is 22.4 Å². The fourth-order valence-electron chi connectivity index (χ4n) is 2.34. The molecule has 0 unspecified atom stereocenters. The predicted octanol–water partition coefficient (Wildman–Crippen LogP) is 1.24. The summed E-state index contributed by atoms with van der Waals surface area (Å²) in [5, 5.41) is 14.2.